The average Bonchev–Trinajstić information content (AvgIpc) is 3.08. The van der Waals surface area contributed by atoms with Crippen LogP contribution >= 0.6 is 0 Å². The molecule has 0 spiro atoms. The summed E-state index contributed by atoms with van der Waals surface area (Å²) in [6.07, 6.45) is 8.86. The normalized spacial score (nSPS) is 31.0. The molecule has 176 valence electrons. The number of aliphatic hydroxyl groups is 1. The summed E-state index contributed by atoms with van der Waals surface area (Å²) < 4.78 is 22.0. The largest absolute Gasteiger partial charge is 0.409 e. The minimum atomic E-state index is -1.81. The first-order chi connectivity index (χ1) is 14.1. The summed E-state index contributed by atoms with van der Waals surface area (Å²) in [5, 5.41) is 9.43. The summed E-state index contributed by atoms with van der Waals surface area (Å²) in [6, 6.07) is 3.20. The van der Waals surface area contributed by atoms with Gasteiger partial charge in [-0.05, 0) is 100 Å². The van der Waals surface area contributed by atoms with Gasteiger partial charge in [-0.15, -0.1) is 0 Å². The van der Waals surface area contributed by atoms with E-state index in [1.54, 1.807) is 0 Å². The Bertz CT molecular complexity index is 563. The van der Waals surface area contributed by atoms with Crippen molar-refractivity contribution in [3.8, 4) is 0 Å². The highest BCUT2D eigenvalue weighted by molar-refractivity contribution is 6.73. The number of allylic oxidation sites excluding steroid dienone is 1. The fraction of sp³-hybridized carbons (Fsp3) is 0.923. The quantitative estimate of drug-likeness (QED) is 0.264. The first kappa shape index (κ1) is 26.1. The summed E-state index contributed by atoms with van der Waals surface area (Å²) >= 11 is 0. The molecule has 2 aliphatic carbocycles. The summed E-state index contributed by atoms with van der Waals surface area (Å²) in [5.74, 6) is 1.82. The molecule has 4 heteroatoms. The zero-order valence-corrected chi connectivity index (χ0v) is 21.9. The Morgan fingerprint density at radius 1 is 1.20 bits per heavy atom. The topological polar surface area (TPSA) is 29.5 Å². The van der Waals surface area contributed by atoms with Crippen molar-refractivity contribution in [2.75, 3.05) is 6.61 Å². The molecule has 2 fully saturated rings. The van der Waals surface area contributed by atoms with Crippen molar-refractivity contribution in [3.63, 3.8) is 0 Å². The highest BCUT2D eigenvalue weighted by atomic mass is 28.4. The molecule has 0 amide bonds. The Balaban J connectivity index is 1.99. The highest BCUT2D eigenvalue weighted by Crippen LogP contribution is 2.59. The number of alkyl halides is 1. The van der Waals surface area contributed by atoms with Gasteiger partial charge in [-0.2, -0.15) is 0 Å². The van der Waals surface area contributed by atoms with E-state index in [-0.39, 0.29) is 6.61 Å². The van der Waals surface area contributed by atoms with Crippen molar-refractivity contribution in [3.05, 3.63) is 11.6 Å². The summed E-state index contributed by atoms with van der Waals surface area (Å²) in [6.45, 7) is 15.6. The highest BCUT2D eigenvalue weighted by Gasteiger charge is 2.50. The van der Waals surface area contributed by atoms with E-state index in [9.17, 15) is 5.11 Å². The van der Waals surface area contributed by atoms with E-state index < -0.39 is 20.1 Å². The lowest BCUT2D eigenvalue weighted by molar-refractivity contribution is 0.000354. The van der Waals surface area contributed by atoms with Crippen LogP contribution in [0.5, 0.6) is 0 Å². The smallest absolute Gasteiger partial charge is 0.192 e. The van der Waals surface area contributed by atoms with Gasteiger partial charge in [-0.1, -0.05) is 46.3 Å². The number of hydrogen-bond donors (Lipinski definition) is 1. The molecule has 0 saturated heterocycles. The van der Waals surface area contributed by atoms with Gasteiger partial charge >= 0.3 is 0 Å². The number of fused-ring (bicyclic) bond motifs is 1. The molecule has 2 nitrogen and oxygen atoms in total. The van der Waals surface area contributed by atoms with Crippen molar-refractivity contribution < 1.29 is 13.9 Å². The van der Waals surface area contributed by atoms with Gasteiger partial charge in [-0.3, -0.25) is 0 Å². The Labute approximate surface area is 187 Å². The molecule has 2 aliphatic rings. The minimum Gasteiger partial charge on any atom is -0.409 e. The van der Waals surface area contributed by atoms with Gasteiger partial charge in [-0.25, -0.2) is 4.39 Å². The van der Waals surface area contributed by atoms with Gasteiger partial charge in [0, 0.05) is 0 Å². The molecule has 2 saturated carbocycles. The molecule has 0 aromatic rings. The SMILES string of the molecule is CC[Si](CC)(CC)OC(C)(C)C(F)CCC(C)[C@H]1CC[C@H]2/C(=C/CO)CCC[C@]12C. The molecule has 0 heterocycles. The molecule has 0 aromatic carbocycles. The monoisotopic (exact) mass is 440 g/mol. The summed E-state index contributed by atoms with van der Waals surface area (Å²) in [7, 11) is -1.81. The maximum Gasteiger partial charge on any atom is 0.192 e. The van der Waals surface area contributed by atoms with Crippen molar-refractivity contribution in [2.45, 2.75) is 123 Å². The zero-order chi connectivity index (χ0) is 22.6. The Morgan fingerprint density at radius 3 is 2.40 bits per heavy atom. The van der Waals surface area contributed by atoms with Crippen molar-refractivity contribution in [1.82, 2.24) is 0 Å². The summed E-state index contributed by atoms with van der Waals surface area (Å²) in [5.41, 5.74) is 1.13. The van der Waals surface area contributed by atoms with E-state index in [0.29, 0.717) is 29.6 Å². The van der Waals surface area contributed by atoms with Crippen molar-refractivity contribution >= 4 is 8.32 Å². The number of hydrogen-bond acceptors (Lipinski definition) is 2. The lowest BCUT2D eigenvalue weighted by atomic mass is 9.60. The second-order valence-electron chi connectivity index (χ2n) is 11.0. The first-order valence-electron chi connectivity index (χ1n) is 12.7. The molecule has 0 aliphatic heterocycles. The van der Waals surface area contributed by atoms with Crippen LogP contribution < -0.4 is 0 Å². The van der Waals surface area contributed by atoms with Crippen LogP contribution in [-0.4, -0.2) is 31.8 Å². The average molecular weight is 441 g/mol. The first-order valence-corrected chi connectivity index (χ1v) is 15.3. The predicted molar refractivity (Wildman–Crippen MR) is 129 cm³/mol. The molecular weight excluding hydrogens is 391 g/mol. The van der Waals surface area contributed by atoms with E-state index >= 15 is 4.39 Å². The van der Waals surface area contributed by atoms with Crippen LogP contribution in [0, 0.1) is 23.2 Å². The van der Waals surface area contributed by atoms with Gasteiger partial charge in [0.1, 0.15) is 6.17 Å². The molecular formula is C26H49FO2Si. The zero-order valence-electron chi connectivity index (χ0n) is 20.9. The van der Waals surface area contributed by atoms with Gasteiger partial charge in [0.25, 0.3) is 0 Å². The van der Waals surface area contributed by atoms with Crippen LogP contribution in [0.3, 0.4) is 0 Å². The third kappa shape index (κ3) is 5.40. The number of aliphatic hydroxyl groups excluding tert-OH is 1. The number of rotatable bonds is 11. The third-order valence-corrected chi connectivity index (χ3v) is 13.9. The molecule has 5 atom stereocenters. The van der Waals surface area contributed by atoms with Crippen LogP contribution in [0.4, 0.5) is 4.39 Å². The van der Waals surface area contributed by atoms with E-state index in [1.807, 2.05) is 13.8 Å². The van der Waals surface area contributed by atoms with E-state index in [0.717, 1.165) is 31.0 Å². The molecule has 2 unspecified atom stereocenters. The van der Waals surface area contributed by atoms with Crippen molar-refractivity contribution in [2.24, 2.45) is 23.2 Å². The second kappa shape index (κ2) is 10.6. The van der Waals surface area contributed by atoms with Crippen molar-refractivity contribution in [1.29, 1.82) is 0 Å². The molecule has 0 radical (unpaired) electrons. The molecule has 0 aromatic heterocycles. The third-order valence-electron chi connectivity index (χ3n) is 9.12. The maximum atomic E-state index is 15.4. The van der Waals surface area contributed by atoms with Crippen LogP contribution in [0.2, 0.25) is 18.1 Å². The van der Waals surface area contributed by atoms with E-state index in [4.69, 9.17) is 4.43 Å². The van der Waals surface area contributed by atoms with Gasteiger partial charge < -0.3 is 9.53 Å². The molecule has 2 rings (SSSR count). The standard InChI is InChI=1S/C26H49FO2Si/c1-8-30(9-2,10-3)29-25(5,6)24(27)16-13-20(4)22-14-15-23-21(17-19-28)12-11-18-26(22,23)7/h17,20,22-24,28H,8-16,18-19H2,1-7H3/b21-17+/t20?,22-,23+,24?,26-/m1/s1. The fourth-order valence-electron chi connectivity index (χ4n) is 6.92. The van der Waals surface area contributed by atoms with Crippen LogP contribution in [0.1, 0.15) is 93.4 Å². The maximum absolute atomic E-state index is 15.4. The van der Waals surface area contributed by atoms with Crippen LogP contribution in [0.25, 0.3) is 0 Å². The van der Waals surface area contributed by atoms with Gasteiger partial charge in [0.15, 0.2) is 8.32 Å². The summed E-state index contributed by atoms with van der Waals surface area (Å²) in [4.78, 5) is 0. The lowest BCUT2D eigenvalue weighted by Gasteiger charge is -2.45. The van der Waals surface area contributed by atoms with E-state index in [2.05, 4.69) is 40.7 Å². The Morgan fingerprint density at radius 2 is 1.83 bits per heavy atom. The second-order valence-corrected chi connectivity index (χ2v) is 15.7. The molecule has 30 heavy (non-hydrogen) atoms. The predicted octanol–water partition coefficient (Wildman–Crippen LogP) is 7.68. The van der Waals surface area contributed by atoms with E-state index in [1.165, 1.54) is 31.3 Å². The number of halogens is 1. The minimum absolute atomic E-state index is 0.166. The Hall–Kier alpha value is -0.193. The van der Waals surface area contributed by atoms with Crippen LogP contribution in [-0.2, 0) is 4.43 Å². The lowest BCUT2D eigenvalue weighted by Crippen LogP contribution is -2.49. The molecule has 0 bridgehead atoms. The fourth-order valence-corrected chi connectivity index (χ4v) is 10.1. The van der Waals surface area contributed by atoms with Gasteiger partial charge in [0.05, 0.1) is 12.2 Å². The van der Waals surface area contributed by atoms with Gasteiger partial charge in [0.2, 0.25) is 0 Å². The molecule has 1 N–H and O–H groups in total. The van der Waals surface area contributed by atoms with Crippen LogP contribution in [0.15, 0.2) is 11.6 Å². The Kier molecular flexibility index (Phi) is 9.22.